The zero-order valence-electron chi connectivity index (χ0n) is 23.6. The number of hydrogen-bond donors (Lipinski definition) is 1. The summed E-state index contributed by atoms with van der Waals surface area (Å²) < 4.78 is 22.5. The molecule has 6 aromatic rings. The van der Waals surface area contributed by atoms with Crippen molar-refractivity contribution in [3.63, 3.8) is 0 Å². The van der Waals surface area contributed by atoms with Crippen LogP contribution in [0.4, 0.5) is 5.13 Å². The van der Waals surface area contributed by atoms with Crippen LogP contribution in [0.5, 0.6) is 11.5 Å². The largest absolute Gasteiger partial charge is 0.493 e. The second kappa shape index (κ2) is 11.9. The second-order valence-electron chi connectivity index (χ2n) is 9.60. The number of hydrogen-bond acceptors (Lipinski definition) is 9. The highest BCUT2D eigenvalue weighted by Gasteiger charge is 2.25. The van der Waals surface area contributed by atoms with Gasteiger partial charge in [-0.3, -0.25) is 10.1 Å². The third-order valence-electron chi connectivity index (χ3n) is 6.98. The molecule has 2 aromatic heterocycles. The highest BCUT2D eigenvalue weighted by atomic mass is 32.1. The molecule has 216 valence electrons. The van der Waals surface area contributed by atoms with Gasteiger partial charge in [-0.05, 0) is 54.3 Å². The van der Waals surface area contributed by atoms with E-state index in [9.17, 15) is 9.59 Å². The van der Waals surface area contributed by atoms with Crippen LogP contribution in [0.3, 0.4) is 0 Å². The van der Waals surface area contributed by atoms with E-state index in [1.54, 1.807) is 39.3 Å². The Hall–Kier alpha value is -5.22. The van der Waals surface area contributed by atoms with Crippen LogP contribution in [-0.2, 0) is 9.53 Å². The lowest BCUT2D eigenvalue weighted by molar-refractivity contribution is -0.124. The van der Waals surface area contributed by atoms with Crippen molar-refractivity contribution >= 4 is 50.2 Å². The number of carbonyl (C=O) groups excluding carboxylic acids is 2. The summed E-state index contributed by atoms with van der Waals surface area (Å²) in [6.07, 6.45) is -0.763. The zero-order valence-corrected chi connectivity index (χ0v) is 24.4. The smallest absolute Gasteiger partial charge is 0.339 e. The van der Waals surface area contributed by atoms with Crippen LogP contribution in [0.1, 0.15) is 23.7 Å². The Morgan fingerprint density at radius 1 is 0.930 bits per heavy atom. The van der Waals surface area contributed by atoms with Crippen molar-refractivity contribution in [2.45, 2.75) is 19.4 Å². The van der Waals surface area contributed by atoms with E-state index >= 15 is 0 Å². The number of benzene rings is 4. The van der Waals surface area contributed by atoms with E-state index < -0.39 is 18.0 Å². The van der Waals surface area contributed by atoms with Gasteiger partial charge in [0.25, 0.3) is 5.91 Å². The Bertz CT molecular complexity index is 1930. The molecule has 1 N–H and O–H groups in total. The third-order valence-corrected chi connectivity index (χ3v) is 7.73. The molecule has 0 spiro atoms. The molecule has 0 saturated heterocycles. The molecule has 9 nitrogen and oxygen atoms in total. The first-order valence-corrected chi connectivity index (χ1v) is 14.4. The molecule has 0 aliphatic rings. The van der Waals surface area contributed by atoms with Crippen LogP contribution in [0.25, 0.3) is 44.6 Å². The Balaban J connectivity index is 1.23. The van der Waals surface area contributed by atoms with Crippen molar-refractivity contribution in [2.24, 2.45) is 0 Å². The molecular formula is C33H27N3O6S. The van der Waals surface area contributed by atoms with Gasteiger partial charge in [0.2, 0.25) is 5.89 Å². The first-order chi connectivity index (χ1) is 21.0. The Labute approximate surface area is 251 Å². The van der Waals surface area contributed by atoms with Crippen LogP contribution in [-0.4, -0.2) is 42.2 Å². The van der Waals surface area contributed by atoms with Gasteiger partial charge in [-0.2, -0.15) is 0 Å². The summed E-state index contributed by atoms with van der Waals surface area (Å²) in [5.74, 6) is 0.481. The quantitative estimate of drug-likeness (QED) is 0.173. The van der Waals surface area contributed by atoms with E-state index in [-0.39, 0.29) is 6.42 Å². The summed E-state index contributed by atoms with van der Waals surface area (Å²) in [7, 11) is 3.14. The fourth-order valence-electron chi connectivity index (χ4n) is 4.84. The molecule has 1 unspecified atom stereocenters. The number of thiazole rings is 1. The summed E-state index contributed by atoms with van der Waals surface area (Å²) in [6.45, 7) is 1.78. The first-order valence-electron chi connectivity index (χ1n) is 13.6. The van der Waals surface area contributed by atoms with Crippen molar-refractivity contribution in [3.8, 4) is 34.2 Å². The van der Waals surface area contributed by atoms with Crippen LogP contribution in [0.15, 0.2) is 88.7 Å². The average molecular weight is 594 g/mol. The molecule has 0 aliphatic heterocycles. The van der Waals surface area contributed by atoms with Gasteiger partial charge in [0.1, 0.15) is 5.52 Å². The predicted molar refractivity (Wildman–Crippen MR) is 166 cm³/mol. The summed E-state index contributed by atoms with van der Waals surface area (Å²) in [4.78, 5) is 35.9. The standard InChI is InChI=1S/C33H27N3O6S/c1-4-25(30(37)36-33-35-24(18-43-33)20-15-16-27(39-2)28(17-20)40-3)42-32(38)22-12-8-10-19-9-7-11-21(29(19)22)31-34-23-13-5-6-14-26(23)41-31/h5-18,25H,4H2,1-3H3,(H,35,36,37). The molecule has 6 rings (SSSR count). The SMILES string of the molecule is CCC(OC(=O)c1cccc2cccc(-c3nc4ccccc4o3)c12)C(=O)Nc1nc(-c2ccc(OC)c(OC)c2)cs1. The van der Waals surface area contributed by atoms with Gasteiger partial charge >= 0.3 is 5.97 Å². The number of ether oxygens (including phenoxy) is 3. The summed E-state index contributed by atoms with van der Waals surface area (Å²) in [5.41, 5.74) is 3.80. The van der Waals surface area contributed by atoms with Crippen molar-refractivity contribution < 1.29 is 28.2 Å². The van der Waals surface area contributed by atoms with E-state index in [1.165, 1.54) is 11.3 Å². The van der Waals surface area contributed by atoms with Crippen molar-refractivity contribution in [1.29, 1.82) is 0 Å². The van der Waals surface area contributed by atoms with Crippen LogP contribution < -0.4 is 14.8 Å². The summed E-state index contributed by atoms with van der Waals surface area (Å²) >= 11 is 1.27. The predicted octanol–water partition coefficient (Wildman–Crippen LogP) is 7.36. The number of nitrogens with zero attached hydrogens (tertiary/aromatic N) is 2. The summed E-state index contributed by atoms with van der Waals surface area (Å²) in [6, 6.07) is 23.9. The van der Waals surface area contributed by atoms with Crippen LogP contribution in [0.2, 0.25) is 0 Å². The topological polar surface area (TPSA) is 113 Å². The Morgan fingerprint density at radius 2 is 1.72 bits per heavy atom. The maximum atomic E-state index is 13.6. The number of aromatic nitrogens is 2. The minimum atomic E-state index is -1.03. The zero-order chi connectivity index (χ0) is 29.9. The number of nitrogens with one attached hydrogen (secondary N) is 1. The molecule has 10 heteroatoms. The minimum absolute atomic E-state index is 0.272. The van der Waals surface area contributed by atoms with Gasteiger partial charge in [0.15, 0.2) is 28.3 Å². The number of rotatable bonds is 9. The normalized spacial score (nSPS) is 11.8. The Morgan fingerprint density at radius 3 is 2.49 bits per heavy atom. The minimum Gasteiger partial charge on any atom is -0.493 e. The van der Waals surface area contributed by atoms with Crippen molar-refractivity contribution in [2.75, 3.05) is 19.5 Å². The monoisotopic (exact) mass is 593 g/mol. The molecule has 2 heterocycles. The lowest BCUT2D eigenvalue weighted by Crippen LogP contribution is -2.32. The number of fused-ring (bicyclic) bond motifs is 2. The number of para-hydroxylation sites is 2. The van der Waals surface area contributed by atoms with Gasteiger partial charge in [-0.1, -0.05) is 43.3 Å². The van der Waals surface area contributed by atoms with E-state index in [0.29, 0.717) is 55.8 Å². The molecule has 0 saturated carbocycles. The Kier molecular flexibility index (Phi) is 7.76. The highest BCUT2D eigenvalue weighted by molar-refractivity contribution is 7.14. The van der Waals surface area contributed by atoms with Gasteiger partial charge in [-0.15, -0.1) is 11.3 Å². The van der Waals surface area contributed by atoms with Gasteiger partial charge in [0, 0.05) is 21.9 Å². The van der Waals surface area contributed by atoms with E-state index in [2.05, 4.69) is 15.3 Å². The molecule has 4 aromatic carbocycles. The molecule has 0 fully saturated rings. The molecule has 1 atom stereocenters. The second-order valence-corrected chi connectivity index (χ2v) is 10.5. The van der Waals surface area contributed by atoms with Crippen LogP contribution in [0, 0.1) is 0 Å². The highest BCUT2D eigenvalue weighted by Crippen LogP contribution is 2.35. The fourth-order valence-corrected chi connectivity index (χ4v) is 5.56. The number of oxazole rings is 1. The lowest BCUT2D eigenvalue weighted by atomic mass is 9.99. The number of amides is 1. The molecule has 0 radical (unpaired) electrons. The third kappa shape index (κ3) is 5.52. The molecule has 0 bridgehead atoms. The number of carbonyl (C=O) groups is 2. The summed E-state index contributed by atoms with van der Waals surface area (Å²) in [5, 5.41) is 6.45. The number of methoxy groups -OCH3 is 2. The van der Waals surface area contributed by atoms with E-state index in [0.717, 1.165) is 10.9 Å². The van der Waals surface area contributed by atoms with Gasteiger partial charge in [0.05, 0.1) is 25.5 Å². The maximum Gasteiger partial charge on any atom is 0.339 e. The van der Waals surface area contributed by atoms with Crippen molar-refractivity contribution in [3.05, 3.63) is 89.8 Å². The maximum absolute atomic E-state index is 13.6. The van der Waals surface area contributed by atoms with Crippen LogP contribution >= 0.6 is 11.3 Å². The number of esters is 1. The van der Waals surface area contributed by atoms with Crippen molar-refractivity contribution in [1.82, 2.24) is 9.97 Å². The fraction of sp³-hybridized carbons (Fsp3) is 0.152. The molecular weight excluding hydrogens is 566 g/mol. The molecule has 43 heavy (non-hydrogen) atoms. The number of anilines is 1. The first kappa shape index (κ1) is 27.9. The molecule has 1 amide bonds. The van der Waals surface area contributed by atoms with Gasteiger partial charge < -0.3 is 18.6 Å². The van der Waals surface area contributed by atoms with E-state index in [1.807, 2.05) is 66.0 Å². The average Bonchev–Trinajstić information content (AvgIpc) is 3.69. The lowest BCUT2D eigenvalue weighted by Gasteiger charge is -2.16. The van der Waals surface area contributed by atoms with E-state index in [4.69, 9.17) is 18.6 Å². The molecule has 0 aliphatic carbocycles. The van der Waals surface area contributed by atoms with Gasteiger partial charge in [-0.25, -0.2) is 14.8 Å².